The summed E-state index contributed by atoms with van der Waals surface area (Å²) in [6.45, 7) is 2.62. The zero-order valence-corrected chi connectivity index (χ0v) is 9.97. The van der Waals surface area contributed by atoms with E-state index in [0.29, 0.717) is 6.54 Å². The van der Waals surface area contributed by atoms with Gasteiger partial charge in [-0.25, -0.2) is 0 Å². The number of hydrogen-bond donors (Lipinski definition) is 2. The first-order chi connectivity index (χ1) is 6.67. The number of nitrogens with one attached hydrogen (secondary N) is 1. The Hall–Kier alpha value is -0.740. The highest BCUT2D eigenvalue weighted by molar-refractivity contribution is 9.10. The van der Waals surface area contributed by atoms with Crippen LogP contribution in [0.15, 0.2) is 22.7 Å². The van der Waals surface area contributed by atoms with Crippen molar-refractivity contribution in [3.05, 3.63) is 22.7 Å². The van der Waals surface area contributed by atoms with Crippen LogP contribution in [0.5, 0.6) is 5.75 Å². The summed E-state index contributed by atoms with van der Waals surface area (Å²) in [4.78, 5) is 0. The lowest BCUT2D eigenvalue weighted by molar-refractivity contribution is 0.416. The number of ether oxygens (including phenoxy) is 1. The number of anilines is 1. The number of nitrogens with two attached hydrogens (primary N) is 1. The number of methoxy groups -OCH3 is 1. The first kappa shape index (κ1) is 11.3. The molecule has 0 amide bonds. The van der Waals surface area contributed by atoms with Gasteiger partial charge in [-0.1, -0.05) is 15.9 Å². The van der Waals surface area contributed by atoms with Crippen molar-refractivity contribution in [3.8, 4) is 5.75 Å². The fourth-order valence-corrected chi connectivity index (χ4v) is 1.48. The maximum absolute atomic E-state index is 5.53. The highest BCUT2D eigenvalue weighted by Gasteiger charge is 2.05. The molecule has 0 spiro atoms. The molecule has 1 unspecified atom stereocenters. The first-order valence-electron chi connectivity index (χ1n) is 4.47. The van der Waals surface area contributed by atoms with E-state index in [1.54, 1.807) is 7.11 Å². The number of rotatable bonds is 4. The van der Waals surface area contributed by atoms with E-state index in [2.05, 4.69) is 21.2 Å². The second-order valence-electron chi connectivity index (χ2n) is 3.13. The van der Waals surface area contributed by atoms with Gasteiger partial charge in [-0.3, -0.25) is 0 Å². The van der Waals surface area contributed by atoms with E-state index in [-0.39, 0.29) is 6.04 Å². The molecule has 0 aliphatic heterocycles. The molecule has 3 nitrogen and oxygen atoms in total. The Morgan fingerprint density at radius 3 is 2.86 bits per heavy atom. The van der Waals surface area contributed by atoms with Crippen molar-refractivity contribution in [1.29, 1.82) is 0 Å². The van der Waals surface area contributed by atoms with Crippen LogP contribution in [0.4, 0.5) is 5.69 Å². The third kappa shape index (κ3) is 2.89. The monoisotopic (exact) mass is 258 g/mol. The number of benzene rings is 1. The van der Waals surface area contributed by atoms with Crippen molar-refractivity contribution in [2.45, 2.75) is 13.0 Å². The Morgan fingerprint density at radius 2 is 2.29 bits per heavy atom. The molecule has 1 atom stereocenters. The highest BCUT2D eigenvalue weighted by atomic mass is 79.9. The van der Waals surface area contributed by atoms with E-state index < -0.39 is 0 Å². The van der Waals surface area contributed by atoms with Crippen LogP contribution < -0.4 is 15.8 Å². The fourth-order valence-electron chi connectivity index (χ4n) is 1.12. The van der Waals surface area contributed by atoms with Crippen LogP contribution in [0.25, 0.3) is 0 Å². The molecule has 4 heteroatoms. The Balaban J connectivity index is 2.87. The van der Waals surface area contributed by atoms with Crippen molar-refractivity contribution in [2.24, 2.45) is 5.73 Å². The Labute approximate surface area is 92.8 Å². The second kappa shape index (κ2) is 5.22. The van der Waals surface area contributed by atoms with Gasteiger partial charge in [0.2, 0.25) is 0 Å². The van der Waals surface area contributed by atoms with E-state index in [4.69, 9.17) is 10.5 Å². The Morgan fingerprint density at radius 1 is 1.57 bits per heavy atom. The summed E-state index contributed by atoms with van der Waals surface area (Å²) >= 11 is 3.41. The fraction of sp³-hybridized carbons (Fsp3) is 0.400. The molecule has 0 aliphatic rings. The van der Waals surface area contributed by atoms with Gasteiger partial charge in [0.05, 0.1) is 12.8 Å². The zero-order valence-electron chi connectivity index (χ0n) is 8.38. The topological polar surface area (TPSA) is 47.3 Å². The normalized spacial score (nSPS) is 12.3. The van der Waals surface area contributed by atoms with Crippen molar-refractivity contribution in [1.82, 2.24) is 0 Å². The smallest absolute Gasteiger partial charge is 0.142 e. The van der Waals surface area contributed by atoms with E-state index >= 15 is 0 Å². The summed E-state index contributed by atoms with van der Waals surface area (Å²) in [7, 11) is 1.65. The SMILES string of the molecule is COc1ccc(Br)cc1NC(C)CN. The van der Waals surface area contributed by atoms with E-state index in [9.17, 15) is 0 Å². The van der Waals surface area contributed by atoms with Crippen LogP contribution >= 0.6 is 15.9 Å². The van der Waals surface area contributed by atoms with E-state index in [0.717, 1.165) is 15.9 Å². The lowest BCUT2D eigenvalue weighted by Crippen LogP contribution is -2.25. The molecule has 0 saturated carbocycles. The zero-order chi connectivity index (χ0) is 10.6. The van der Waals surface area contributed by atoms with Crippen molar-refractivity contribution in [2.75, 3.05) is 19.0 Å². The first-order valence-corrected chi connectivity index (χ1v) is 5.26. The van der Waals surface area contributed by atoms with Crippen LogP contribution in [0.1, 0.15) is 6.92 Å². The number of halogens is 1. The summed E-state index contributed by atoms with van der Waals surface area (Å²) in [5.74, 6) is 0.827. The third-order valence-corrected chi connectivity index (χ3v) is 2.41. The average molecular weight is 259 g/mol. The lowest BCUT2D eigenvalue weighted by Gasteiger charge is -2.16. The molecule has 0 saturated heterocycles. The second-order valence-corrected chi connectivity index (χ2v) is 4.04. The summed E-state index contributed by atoms with van der Waals surface area (Å²) in [5.41, 5.74) is 6.49. The molecule has 0 radical (unpaired) electrons. The van der Waals surface area contributed by atoms with Gasteiger partial charge in [-0.15, -0.1) is 0 Å². The van der Waals surface area contributed by atoms with Gasteiger partial charge in [0.1, 0.15) is 5.75 Å². The van der Waals surface area contributed by atoms with Gasteiger partial charge in [-0.2, -0.15) is 0 Å². The summed E-state index contributed by atoms with van der Waals surface area (Å²) < 4.78 is 6.24. The van der Waals surface area contributed by atoms with Gasteiger partial charge in [0.25, 0.3) is 0 Å². The molecule has 1 aromatic carbocycles. The van der Waals surface area contributed by atoms with Crippen LogP contribution in [0.2, 0.25) is 0 Å². The maximum atomic E-state index is 5.53. The molecule has 0 heterocycles. The van der Waals surface area contributed by atoms with Crippen LogP contribution in [-0.4, -0.2) is 19.7 Å². The van der Waals surface area contributed by atoms with Crippen molar-refractivity contribution < 1.29 is 4.74 Å². The van der Waals surface area contributed by atoms with Gasteiger partial charge in [0.15, 0.2) is 0 Å². The van der Waals surface area contributed by atoms with Gasteiger partial charge in [0, 0.05) is 17.1 Å². The molecule has 1 aromatic rings. The summed E-state index contributed by atoms with van der Waals surface area (Å²) in [6.07, 6.45) is 0. The minimum absolute atomic E-state index is 0.234. The molecular formula is C10H15BrN2O. The minimum atomic E-state index is 0.234. The molecule has 0 bridgehead atoms. The van der Waals surface area contributed by atoms with Crippen LogP contribution in [0.3, 0.4) is 0 Å². The molecule has 78 valence electrons. The van der Waals surface area contributed by atoms with Gasteiger partial charge < -0.3 is 15.8 Å². The molecular weight excluding hydrogens is 244 g/mol. The molecule has 14 heavy (non-hydrogen) atoms. The van der Waals surface area contributed by atoms with Crippen molar-refractivity contribution in [3.63, 3.8) is 0 Å². The van der Waals surface area contributed by atoms with Crippen LogP contribution in [-0.2, 0) is 0 Å². The summed E-state index contributed by atoms with van der Waals surface area (Å²) in [5, 5.41) is 3.27. The van der Waals surface area contributed by atoms with E-state index in [1.165, 1.54) is 0 Å². The molecule has 3 N–H and O–H groups in total. The minimum Gasteiger partial charge on any atom is -0.495 e. The summed E-state index contributed by atoms with van der Waals surface area (Å²) in [6, 6.07) is 6.07. The highest BCUT2D eigenvalue weighted by Crippen LogP contribution is 2.28. The van der Waals surface area contributed by atoms with Crippen LogP contribution in [0, 0.1) is 0 Å². The standard InChI is InChI=1S/C10H15BrN2O/c1-7(6-12)13-9-5-8(11)3-4-10(9)14-2/h3-5,7,13H,6,12H2,1-2H3. The molecule has 0 fully saturated rings. The maximum Gasteiger partial charge on any atom is 0.142 e. The predicted molar refractivity (Wildman–Crippen MR) is 62.8 cm³/mol. The third-order valence-electron chi connectivity index (χ3n) is 1.92. The average Bonchev–Trinajstić information content (AvgIpc) is 2.18. The largest absolute Gasteiger partial charge is 0.495 e. The quantitative estimate of drug-likeness (QED) is 0.871. The van der Waals surface area contributed by atoms with Gasteiger partial charge in [-0.05, 0) is 25.1 Å². The Kier molecular flexibility index (Phi) is 4.22. The predicted octanol–water partition coefficient (Wildman–Crippen LogP) is 2.22. The van der Waals surface area contributed by atoms with Gasteiger partial charge >= 0.3 is 0 Å². The molecule has 1 rings (SSSR count). The van der Waals surface area contributed by atoms with E-state index in [1.807, 2.05) is 25.1 Å². The molecule has 0 aliphatic carbocycles. The number of hydrogen-bond acceptors (Lipinski definition) is 3. The Bertz CT molecular complexity index is 304. The molecule has 0 aromatic heterocycles. The van der Waals surface area contributed by atoms with Crippen molar-refractivity contribution >= 4 is 21.6 Å². The lowest BCUT2D eigenvalue weighted by atomic mass is 10.2.